The summed E-state index contributed by atoms with van der Waals surface area (Å²) in [7, 11) is 0. The second kappa shape index (κ2) is 8.17. The van der Waals surface area contributed by atoms with Gasteiger partial charge in [-0.1, -0.05) is 12.1 Å². The number of benzene rings is 2. The molecule has 1 aromatic heterocycles. The van der Waals surface area contributed by atoms with Crippen LogP contribution in [0.5, 0.6) is 11.5 Å². The van der Waals surface area contributed by atoms with Crippen molar-refractivity contribution in [3.05, 3.63) is 84.3 Å². The molecular formula is C22H18N4O6S. The molecule has 33 heavy (non-hydrogen) atoms. The average Bonchev–Trinajstić information content (AvgIpc) is 3.18. The lowest BCUT2D eigenvalue weighted by Gasteiger charge is -2.27. The Morgan fingerprint density at radius 3 is 2.61 bits per heavy atom. The van der Waals surface area contributed by atoms with Gasteiger partial charge in [0.05, 0.1) is 21.5 Å². The van der Waals surface area contributed by atoms with Crippen LogP contribution in [0.2, 0.25) is 0 Å². The van der Waals surface area contributed by atoms with Crippen LogP contribution in [-0.4, -0.2) is 15.8 Å². The molecule has 0 radical (unpaired) electrons. The number of hydrogen-bond acceptors (Lipinski definition) is 8. The van der Waals surface area contributed by atoms with Crippen molar-refractivity contribution in [3.63, 3.8) is 0 Å². The Labute approximate surface area is 191 Å². The van der Waals surface area contributed by atoms with E-state index in [-0.39, 0.29) is 11.7 Å². The van der Waals surface area contributed by atoms with Crippen LogP contribution in [0.15, 0.2) is 42.5 Å². The van der Waals surface area contributed by atoms with Gasteiger partial charge in [-0.25, -0.2) is 0 Å². The molecule has 1 aliphatic carbocycles. The number of hydrogen-bond donors (Lipinski definition) is 2. The monoisotopic (exact) mass is 466 g/mol. The molecule has 2 heterocycles. The summed E-state index contributed by atoms with van der Waals surface area (Å²) in [6.45, 7) is 0. The Balaban J connectivity index is 1.42. The second-order valence-electron chi connectivity index (χ2n) is 7.81. The molecule has 0 spiro atoms. The van der Waals surface area contributed by atoms with Crippen molar-refractivity contribution >= 4 is 33.6 Å². The lowest BCUT2D eigenvalue weighted by Crippen LogP contribution is -2.38. The zero-order valence-electron chi connectivity index (χ0n) is 17.2. The molecule has 1 unspecified atom stereocenters. The Morgan fingerprint density at radius 2 is 1.82 bits per heavy atom. The summed E-state index contributed by atoms with van der Waals surface area (Å²) in [5.41, 5.74) is 1.69. The molecule has 10 nitrogen and oxygen atoms in total. The highest BCUT2D eigenvalue weighted by atomic mass is 32.1. The number of fused-ring (bicyclic) bond motifs is 3. The molecule has 1 amide bonds. The van der Waals surface area contributed by atoms with Gasteiger partial charge in [-0.15, -0.1) is 11.3 Å². The highest BCUT2D eigenvalue weighted by Crippen LogP contribution is 2.42. The largest absolute Gasteiger partial charge is 0.450 e. The average molecular weight is 466 g/mol. The predicted molar refractivity (Wildman–Crippen MR) is 121 cm³/mol. The number of ether oxygens (including phenoxy) is 1. The molecule has 3 aromatic rings. The zero-order valence-corrected chi connectivity index (χ0v) is 18.0. The number of nitrogens with zero attached hydrogens (tertiary/aromatic N) is 2. The maximum atomic E-state index is 12.9. The summed E-state index contributed by atoms with van der Waals surface area (Å²) < 4.78 is 5.70. The van der Waals surface area contributed by atoms with Gasteiger partial charge in [0, 0.05) is 10.9 Å². The van der Waals surface area contributed by atoms with Crippen LogP contribution in [0.4, 0.5) is 16.4 Å². The van der Waals surface area contributed by atoms with Crippen molar-refractivity contribution in [1.29, 1.82) is 0 Å². The van der Waals surface area contributed by atoms with Crippen molar-refractivity contribution in [2.45, 2.75) is 31.8 Å². The van der Waals surface area contributed by atoms with E-state index < -0.39 is 27.4 Å². The maximum Gasteiger partial charge on any atom is 0.318 e. The molecule has 2 aliphatic rings. The Kier molecular flexibility index (Phi) is 5.17. The molecule has 2 aromatic carbocycles. The van der Waals surface area contributed by atoms with Crippen molar-refractivity contribution in [1.82, 2.24) is 5.32 Å². The Hall–Kier alpha value is -3.99. The third kappa shape index (κ3) is 3.87. The Morgan fingerprint density at radius 1 is 1.00 bits per heavy atom. The van der Waals surface area contributed by atoms with Crippen molar-refractivity contribution in [2.75, 3.05) is 5.32 Å². The van der Waals surface area contributed by atoms with Crippen LogP contribution in [0.1, 0.15) is 45.4 Å². The third-order valence-corrected chi connectivity index (χ3v) is 6.94. The van der Waals surface area contributed by atoms with Crippen LogP contribution < -0.4 is 15.4 Å². The van der Waals surface area contributed by atoms with Gasteiger partial charge >= 0.3 is 5.69 Å². The van der Waals surface area contributed by atoms with Gasteiger partial charge in [0.25, 0.3) is 11.6 Å². The fourth-order valence-corrected chi connectivity index (χ4v) is 5.49. The van der Waals surface area contributed by atoms with E-state index in [9.17, 15) is 25.0 Å². The van der Waals surface area contributed by atoms with Gasteiger partial charge < -0.3 is 15.4 Å². The molecule has 0 bridgehead atoms. The number of nitrogens with one attached hydrogen (secondary N) is 2. The first-order valence-corrected chi connectivity index (χ1v) is 11.1. The molecular weight excluding hydrogens is 448 g/mol. The van der Waals surface area contributed by atoms with Crippen molar-refractivity contribution < 1.29 is 19.4 Å². The van der Waals surface area contributed by atoms with E-state index in [1.54, 1.807) is 29.5 Å². The standard InChI is InChI=1S/C22H18N4O6S/c27-21-19-15-6-1-2-7-18(15)33-22(19)24-20(23-21)12-4-3-5-14(10-12)32-17-9-8-13(25(28)29)11-16(17)26(30)31/h3-5,8-11,20,24H,1-2,6-7H2,(H,23,27). The lowest BCUT2D eigenvalue weighted by molar-refractivity contribution is -0.394. The van der Waals surface area contributed by atoms with E-state index in [4.69, 9.17) is 4.74 Å². The fourth-order valence-electron chi connectivity index (χ4n) is 4.18. The Bertz CT molecular complexity index is 1300. The topological polar surface area (TPSA) is 137 Å². The van der Waals surface area contributed by atoms with E-state index in [0.29, 0.717) is 11.3 Å². The van der Waals surface area contributed by atoms with Gasteiger partial charge in [-0.3, -0.25) is 25.0 Å². The summed E-state index contributed by atoms with van der Waals surface area (Å²) >= 11 is 1.62. The summed E-state index contributed by atoms with van der Waals surface area (Å²) in [6, 6.07) is 10.0. The zero-order chi connectivity index (χ0) is 23.1. The SMILES string of the molecule is O=C1NC(c2cccc(Oc3ccc([N+](=O)[O-])cc3[N+](=O)[O-])c2)Nc2sc3c(c21)CCCC3. The smallest absolute Gasteiger partial charge is 0.318 e. The number of aryl methyl sites for hydroxylation is 1. The van der Waals surface area contributed by atoms with Crippen LogP contribution in [0.25, 0.3) is 0 Å². The second-order valence-corrected chi connectivity index (χ2v) is 8.91. The van der Waals surface area contributed by atoms with Gasteiger partial charge in [0.15, 0.2) is 0 Å². The van der Waals surface area contributed by atoms with E-state index >= 15 is 0 Å². The van der Waals surface area contributed by atoms with Gasteiger partial charge in [0.1, 0.15) is 16.9 Å². The molecule has 0 saturated heterocycles. The molecule has 5 rings (SSSR count). The van der Waals surface area contributed by atoms with Crippen molar-refractivity contribution in [3.8, 4) is 11.5 Å². The first-order valence-electron chi connectivity index (χ1n) is 10.3. The molecule has 1 atom stereocenters. The van der Waals surface area contributed by atoms with Crippen LogP contribution in [0.3, 0.4) is 0 Å². The minimum Gasteiger partial charge on any atom is -0.450 e. The number of carbonyl (C=O) groups is 1. The van der Waals surface area contributed by atoms with E-state index in [1.807, 2.05) is 6.07 Å². The maximum absolute atomic E-state index is 12.9. The number of nitro benzene ring substituents is 2. The number of non-ortho nitro benzene ring substituents is 1. The quantitative estimate of drug-likeness (QED) is 0.395. The van der Waals surface area contributed by atoms with Crippen LogP contribution >= 0.6 is 11.3 Å². The molecule has 0 fully saturated rings. The summed E-state index contributed by atoms with van der Waals surface area (Å²) in [5.74, 6) is 0.0684. The molecule has 11 heteroatoms. The fraction of sp³-hybridized carbons (Fsp3) is 0.227. The number of amides is 1. The first kappa shape index (κ1) is 20.9. The van der Waals surface area contributed by atoms with E-state index in [0.717, 1.165) is 53.9 Å². The summed E-state index contributed by atoms with van der Waals surface area (Å²) in [6.07, 6.45) is 3.63. The van der Waals surface area contributed by atoms with Gasteiger partial charge in [-0.2, -0.15) is 0 Å². The van der Waals surface area contributed by atoms with Crippen LogP contribution in [0, 0.1) is 20.2 Å². The molecule has 0 saturated carbocycles. The first-order chi connectivity index (χ1) is 15.9. The summed E-state index contributed by atoms with van der Waals surface area (Å²) in [5, 5.41) is 29.6. The van der Waals surface area contributed by atoms with Crippen molar-refractivity contribution in [2.24, 2.45) is 0 Å². The predicted octanol–water partition coefficient (Wildman–Crippen LogP) is 5.09. The molecule has 168 valence electrons. The highest BCUT2D eigenvalue weighted by molar-refractivity contribution is 7.16. The molecule has 2 N–H and O–H groups in total. The highest BCUT2D eigenvalue weighted by Gasteiger charge is 2.32. The van der Waals surface area contributed by atoms with Gasteiger partial charge in [-0.05, 0) is 55.0 Å². The number of thiophene rings is 1. The molecule has 1 aliphatic heterocycles. The third-order valence-electron chi connectivity index (χ3n) is 5.72. The normalized spacial score (nSPS) is 16.7. The van der Waals surface area contributed by atoms with Crippen LogP contribution in [-0.2, 0) is 12.8 Å². The lowest BCUT2D eigenvalue weighted by atomic mass is 9.94. The number of rotatable bonds is 5. The van der Waals surface area contributed by atoms with E-state index in [1.165, 1.54) is 10.9 Å². The summed E-state index contributed by atoms with van der Waals surface area (Å²) in [4.78, 5) is 35.0. The number of anilines is 1. The number of carbonyl (C=O) groups excluding carboxylic acids is 1. The van der Waals surface area contributed by atoms with E-state index in [2.05, 4.69) is 10.6 Å². The number of nitro groups is 2. The minimum atomic E-state index is -0.727. The minimum absolute atomic E-state index is 0.114. The van der Waals surface area contributed by atoms with Gasteiger partial charge in [0.2, 0.25) is 5.75 Å².